The van der Waals surface area contributed by atoms with E-state index in [9.17, 15) is 4.79 Å². The third kappa shape index (κ3) is 2.69. The second-order valence-corrected chi connectivity index (χ2v) is 6.87. The van der Waals surface area contributed by atoms with Gasteiger partial charge in [0, 0.05) is 16.8 Å². The van der Waals surface area contributed by atoms with Crippen molar-refractivity contribution in [2.75, 3.05) is 17.2 Å². The summed E-state index contributed by atoms with van der Waals surface area (Å²) in [6.07, 6.45) is 1.71. The highest BCUT2D eigenvalue weighted by Crippen LogP contribution is 2.42. The Balaban J connectivity index is 2.35. The summed E-state index contributed by atoms with van der Waals surface area (Å²) in [5, 5.41) is 0.772. The predicted molar refractivity (Wildman–Crippen MR) is 80.4 cm³/mol. The lowest BCUT2D eigenvalue weighted by Crippen LogP contribution is -2.25. The summed E-state index contributed by atoms with van der Waals surface area (Å²) in [4.78, 5) is 19.3. The first-order valence-electron chi connectivity index (χ1n) is 6.29. The number of thioether (sulfide) groups is 2. The highest BCUT2D eigenvalue weighted by molar-refractivity contribution is 8.06. The van der Waals surface area contributed by atoms with Gasteiger partial charge in [0.25, 0.3) is 5.56 Å². The van der Waals surface area contributed by atoms with Crippen molar-refractivity contribution in [2.45, 2.75) is 37.2 Å². The van der Waals surface area contributed by atoms with E-state index in [1.165, 1.54) is 5.75 Å². The molecule has 2 heterocycles. The summed E-state index contributed by atoms with van der Waals surface area (Å²) in [6, 6.07) is 0. The molecule has 0 radical (unpaired) electrons. The van der Waals surface area contributed by atoms with Crippen LogP contribution in [0.5, 0.6) is 0 Å². The minimum atomic E-state index is -0.0778. The maximum atomic E-state index is 11.9. The number of hydrogen-bond donors (Lipinski definition) is 2. The smallest absolute Gasteiger partial charge is 0.256 e. The molecule has 0 saturated carbocycles. The average Bonchev–Trinajstić information content (AvgIpc) is 2.38. The number of rotatable bonds is 3. The first kappa shape index (κ1) is 13.8. The van der Waals surface area contributed by atoms with Gasteiger partial charge in [-0.15, -0.1) is 11.8 Å². The van der Waals surface area contributed by atoms with Gasteiger partial charge in [-0.1, -0.05) is 13.8 Å². The van der Waals surface area contributed by atoms with Crippen molar-refractivity contribution < 1.29 is 0 Å². The van der Waals surface area contributed by atoms with E-state index < -0.39 is 0 Å². The van der Waals surface area contributed by atoms with Gasteiger partial charge in [0.05, 0.1) is 10.8 Å². The van der Waals surface area contributed by atoms with Crippen LogP contribution in [0.15, 0.2) is 4.79 Å². The molecule has 1 aliphatic rings. The number of nitrogen functional groups attached to an aromatic ring is 1. The van der Waals surface area contributed by atoms with Crippen LogP contribution in [-0.2, 0) is 6.42 Å². The Labute approximate surface area is 116 Å². The molecule has 18 heavy (non-hydrogen) atoms. The molecule has 0 amide bonds. The van der Waals surface area contributed by atoms with E-state index in [1.54, 1.807) is 0 Å². The second kappa shape index (κ2) is 6.02. The molecule has 2 unspecified atom stereocenters. The Morgan fingerprint density at radius 2 is 2.11 bits per heavy atom. The van der Waals surface area contributed by atoms with E-state index >= 15 is 0 Å². The number of hydrogen-bond acceptors (Lipinski definition) is 5. The average molecular weight is 285 g/mol. The molecular formula is C12H19N3OS2. The van der Waals surface area contributed by atoms with Crippen LogP contribution in [-0.4, -0.2) is 26.7 Å². The summed E-state index contributed by atoms with van der Waals surface area (Å²) in [5.74, 6) is 3.42. The Kier molecular flexibility index (Phi) is 4.61. The lowest BCUT2D eigenvalue weighted by Gasteiger charge is -2.29. The van der Waals surface area contributed by atoms with E-state index in [0.29, 0.717) is 23.1 Å². The lowest BCUT2D eigenvalue weighted by atomic mass is 10.2. The van der Waals surface area contributed by atoms with E-state index in [1.807, 2.05) is 30.4 Å². The molecule has 6 heteroatoms. The first-order chi connectivity index (χ1) is 8.67. The van der Waals surface area contributed by atoms with Gasteiger partial charge in [0.1, 0.15) is 11.6 Å². The largest absolute Gasteiger partial charge is 0.383 e. The van der Waals surface area contributed by atoms with Gasteiger partial charge < -0.3 is 10.7 Å². The van der Waals surface area contributed by atoms with Crippen LogP contribution in [0.3, 0.4) is 0 Å². The van der Waals surface area contributed by atoms with Gasteiger partial charge >= 0.3 is 0 Å². The van der Waals surface area contributed by atoms with Gasteiger partial charge in [-0.05, 0) is 12.8 Å². The number of aromatic nitrogens is 2. The van der Waals surface area contributed by atoms with Crippen LogP contribution < -0.4 is 11.3 Å². The lowest BCUT2D eigenvalue weighted by molar-refractivity contribution is 0.743. The van der Waals surface area contributed by atoms with Crippen molar-refractivity contribution in [2.24, 2.45) is 0 Å². The third-order valence-corrected chi connectivity index (χ3v) is 6.40. The van der Waals surface area contributed by atoms with Gasteiger partial charge in [0.15, 0.2) is 0 Å². The standard InChI is InChI=1S/C12H19N3OS2/c1-3-7-10(13)14-11(15-12(7)16)9-8(4-2)17-5-6-18-9/h8-9H,3-6H2,1-2H3,(H3,13,14,15,16). The second-order valence-electron chi connectivity index (χ2n) is 4.28. The Morgan fingerprint density at radius 3 is 2.72 bits per heavy atom. The minimum absolute atomic E-state index is 0.0778. The molecule has 3 N–H and O–H groups in total. The molecule has 4 nitrogen and oxygen atoms in total. The van der Waals surface area contributed by atoms with Gasteiger partial charge in [-0.2, -0.15) is 11.8 Å². The molecule has 0 spiro atoms. The minimum Gasteiger partial charge on any atom is -0.383 e. The van der Waals surface area contributed by atoms with Gasteiger partial charge in [0.2, 0.25) is 0 Å². The molecule has 0 bridgehead atoms. The predicted octanol–water partition coefficient (Wildman–Crippen LogP) is 2.21. The van der Waals surface area contributed by atoms with E-state index in [-0.39, 0.29) is 10.8 Å². The molecule has 0 aliphatic carbocycles. The molecule has 100 valence electrons. The molecular weight excluding hydrogens is 266 g/mol. The topological polar surface area (TPSA) is 71.8 Å². The number of anilines is 1. The molecule has 0 aromatic carbocycles. The summed E-state index contributed by atoms with van der Waals surface area (Å²) in [7, 11) is 0. The Bertz CT molecular complexity index is 475. The summed E-state index contributed by atoms with van der Waals surface area (Å²) in [5.41, 5.74) is 6.40. The third-order valence-electron chi connectivity index (χ3n) is 3.14. The zero-order chi connectivity index (χ0) is 13.1. The Hall–Kier alpha value is -0.620. The molecule has 1 saturated heterocycles. The summed E-state index contributed by atoms with van der Waals surface area (Å²) in [6.45, 7) is 4.10. The zero-order valence-corrected chi connectivity index (χ0v) is 12.4. The van der Waals surface area contributed by atoms with Crippen LogP contribution in [0.25, 0.3) is 0 Å². The normalized spacial score (nSPS) is 24.1. The number of nitrogens with zero attached hydrogens (tertiary/aromatic N) is 1. The maximum Gasteiger partial charge on any atom is 0.256 e. The van der Waals surface area contributed by atoms with Crippen LogP contribution >= 0.6 is 23.5 Å². The quantitative estimate of drug-likeness (QED) is 0.891. The monoisotopic (exact) mass is 285 g/mol. The molecule has 1 fully saturated rings. The van der Waals surface area contributed by atoms with Crippen molar-refractivity contribution in [3.8, 4) is 0 Å². The van der Waals surface area contributed by atoms with Crippen molar-refractivity contribution >= 4 is 29.3 Å². The van der Waals surface area contributed by atoms with Crippen molar-refractivity contribution in [1.29, 1.82) is 0 Å². The van der Waals surface area contributed by atoms with E-state index in [0.717, 1.165) is 18.0 Å². The highest BCUT2D eigenvalue weighted by Gasteiger charge is 2.28. The van der Waals surface area contributed by atoms with E-state index in [4.69, 9.17) is 5.73 Å². The van der Waals surface area contributed by atoms with E-state index in [2.05, 4.69) is 16.9 Å². The summed E-state index contributed by atoms with van der Waals surface area (Å²) >= 11 is 3.83. The SMILES string of the molecule is CCc1c(N)nc(C2SCCSC2CC)[nH]c1=O. The molecule has 2 atom stereocenters. The number of nitrogens with one attached hydrogen (secondary N) is 1. The highest BCUT2D eigenvalue weighted by atomic mass is 32.2. The molecule has 1 aromatic heterocycles. The fourth-order valence-corrected chi connectivity index (χ4v) is 5.18. The van der Waals surface area contributed by atoms with Crippen molar-refractivity contribution in [1.82, 2.24) is 9.97 Å². The zero-order valence-electron chi connectivity index (χ0n) is 10.7. The maximum absolute atomic E-state index is 11.9. The molecule has 1 aliphatic heterocycles. The van der Waals surface area contributed by atoms with Crippen LogP contribution in [0.2, 0.25) is 0 Å². The number of H-pyrrole nitrogens is 1. The van der Waals surface area contributed by atoms with Gasteiger partial charge in [-0.25, -0.2) is 4.98 Å². The summed E-state index contributed by atoms with van der Waals surface area (Å²) < 4.78 is 0. The van der Waals surface area contributed by atoms with Crippen LogP contribution in [0, 0.1) is 0 Å². The van der Waals surface area contributed by atoms with Crippen LogP contribution in [0.4, 0.5) is 5.82 Å². The van der Waals surface area contributed by atoms with Gasteiger partial charge in [-0.3, -0.25) is 4.79 Å². The number of aromatic amines is 1. The Morgan fingerprint density at radius 1 is 1.39 bits per heavy atom. The molecule has 2 rings (SSSR count). The first-order valence-corrected chi connectivity index (χ1v) is 8.38. The molecule has 1 aromatic rings. The van der Waals surface area contributed by atoms with Crippen LogP contribution in [0.1, 0.15) is 36.9 Å². The van der Waals surface area contributed by atoms with Crippen molar-refractivity contribution in [3.63, 3.8) is 0 Å². The fraction of sp³-hybridized carbons (Fsp3) is 0.667. The van der Waals surface area contributed by atoms with Crippen molar-refractivity contribution in [3.05, 3.63) is 21.7 Å². The fourth-order valence-electron chi connectivity index (χ4n) is 2.17. The number of nitrogens with two attached hydrogens (primary N) is 1.